The zero-order chi connectivity index (χ0) is 14.4. The van der Waals surface area contributed by atoms with Crippen LogP contribution in [0.25, 0.3) is 10.9 Å². The van der Waals surface area contributed by atoms with Gasteiger partial charge in [-0.2, -0.15) is 0 Å². The van der Waals surface area contributed by atoms with Crippen molar-refractivity contribution in [3.05, 3.63) is 36.5 Å². The Morgan fingerprint density at radius 1 is 1.48 bits per heavy atom. The topological polar surface area (TPSA) is 54.5 Å². The number of nitrogens with zero attached hydrogens (tertiary/aromatic N) is 2. The number of para-hydroxylation sites is 1. The van der Waals surface area contributed by atoms with Crippen LogP contribution in [0.15, 0.2) is 36.5 Å². The monoisotopic (exact) mass is 283 g/mol. The van der Waals surface area contributed by atoms with Crippen LogP contribution in [0.5, 0.6) is 0 Å². The standard InChI is InChI=1S/C16H17N3O2/c1-11(20)21-16-7-13(18-10-16)9-19(16)14-6-12-4-2-3-5-15(12)17-8-14/h2-6,8,13,18H,7,9-10H2,1H3. The average Bonchev–Trinajstić information content (AvgIpc) is 3.03. The van der Waals surface area contributed by atoms with Crippen molar-refractivity contribution < 1.29 is 9.53 Å². The molecule has 0 aliphatic carbocycles. The third kappa shape index (κ3) is 1.96. The first-order valence-corrected chi connectivity index (χ1v) is 7.22. The summed E-state index contributed by atoms with van der Waals surface area (Å²) in [5.41, 5.74) is 1.44. The Hall–Kier alpha value is -2.14. The molecule has 2 unspecified atom stereocenters. The van der Waals surface area contributed by atoms with E-state index >= 15 is 0 Å². The van der Waals surface area contributed by atoms with E-state index in [1.54, 1.807) is 0 Å². The second-order valence-corrected chi connectivity index (χ2v) is 5.82. The van der Waals surface area contributed by atoms with E-state index in [1.165, 1.54) is 6.92 Å². The van der Waals surface area contributed by atoms with E-state index in [1.807, 2.05) is 24.4 Å². The number of benzene rings is 1. The van der Waals surface area contributed by atoms with Crippen molar-refractivity contribution in [1.82, 2.24) is 10.3 Å². The molecule has 5 nitrogen and oxygen atoms in total. The summed E-state index contributed by atoms with van der Waals surface area (Å²) in [6.45, 7) is 2.98. The minimum atomic E-state index is -0.555. The van der Waals surface area contributed by atoms with Crippen LogP contribution in [0.3, 0.4) is 0 Å². The number of pyridine rings is 1. The SMILES string of the molecule is CC(=O)OC12CNC(CN1c1cnc3ccccc3c1)C2. The molecule has 5 heteroatoms. The van der Waals surface area contributed by atoms with Crippen molar-refractivity contribution in [2.75, 3.05) is 18.0 Å². The van der Waals surface area contributed by atoms with Gasteiger partial charge < -0.3 is 15.0 Å². The summed E-state index contributed by atoms with van der Waals surface area (Å²) >= 11 is 0. The summed E-state index contributed by atoms with van der Waals surface area (Å²) in [5, 5.41) is 4.50. The highest BCUT2D eigenvalue weighted by molar-refractivity contribution is 5.82. The number of aromatic nitrogens is 1. The lowest BCUT2D eigenvalue weighted by Gasteiger charge is -2.39. The van der Waals surface area contributed by atoms with Gasteiger partial charge in [-0.05, 0) is 12.1 Å². The molecule has 2 saturated heterocycles. The van der Waals surface area contributed by atoms with Crippen molar-refractivity contribution in [2.24, 2.45) is 0 Å². The summed E-state index contributed by atoms with van der Waals surface area (Å²) in [5.74, 6) is -0.238. The number of rotatable bonds is 2. The number of esters is 1. The molecule has 2 aliphatic heterocycles. The van der Waals surface area contributed by atoms with Crippen LogP contribution < -0.4 is 10.2 Å². The molecule has 0 radical (unpaired) electrons. The van der Waals surface area contributed by atoms with E-state index in [0.29, 0.717) is 12.6 Å². The second-order valence-electron chi connectivity index (χ2n) is 5.82. The Kier molecular flexibility index (Phi) is 2.65. The van der Waals surface area contributed by atoms with Crippen molar-refractivity contribution in [3.8, 4) is 0 Å². The summed E-state index contributed by atoms with van der Waals surface area (Å²) in [6.07, 6.45) is 2.70. The Morgan fingerprint density at radius 2 is 2.33 bits per heavy atom. The molecular formula is C16H17N3O2. The number of fused-ring (bicyclic) bond motifs is 3. The maximum Gasteiger partial charge on any atom is 0.304 e. The van der Waals surface area contributed by atoms with E-state index in [9.17, 15) is 4.79 Å². The van der Waals surface area contributed by atoms with E-state index in [4.69, 9.17) is 4.74 Å². The maximum atomic E-state index is 11.5. The molecule has 2 fully saturated rings. The molecule has 3 heterocycles. The first-order chi connectivity index (χ1) is 10.2. The number of hydrogen-bond donors (Lipinski definition) is 1. The minimum Gasteiger partial charge on any atom is -0.438 e. The average molecular weight is 283 g/mol. The number of carbonyl (C=O) groups is 1. The van der Waals surface area contributed by atoms with E-state index in [0.717, 1.165) is 29.6 Å². The van der Waals surface area contributed by atoms with E-state index < -0.39 is 5.72 Å². The molecule has 0 amide bonds. The Labute approximate surface area is 122 Å². The van der Waals surface area contributed by atoms with Gasteiger partial charge in [0.25, 0.3) is 0 Å². The molecular weight excluding hydrogens is 266 g/mol. The Balaban J connectivity index is 1.75. The van der Waals surface area contributed by atoms with Crippen molar-refractivity contribution in [1.29, 1.82) is 0 Å². The fraction of sp³-hybridized carbons (Fsp3) is 0.375. The molecule has 1 N–H and O–H groups in total. The Bertz CT molecular complexity index is 717. The van der Waals surface area contributed by atoms with Crippen LogP contribution in [-0.2, 0) is 9.53 Å². The molecule has 0 spiro atoms. The van der Waals surface area contributed by atoms with Gasteiger partial charge in [-0.25, -0.2) is 0 Å². The van der Waals surface area contributed by atoms with Gasteiger partial charge in [0.05, 0.1) is 23.9 Å². The van der Waals surface area contributed by atoms with Crippen LogP contribution in [0.1, 0.15) is 13.3 Å². The number of hydrogen-bond acceptors (Lipinski definition) is 5. The van der Waals surface area contributed by atoms with Gasteiger partial charge in [-0.1, -0.05) is 18.2 Å². The maximum absolute atomic E-state index is 11.5. The van der Waals surface area contributed by atoms with Crippen LogP contribution >= 0.6 is 0 Å². The predicted molar refractivity (Wildman–Crippen MR) is 80.0 cm³/mol. The van der Waals surface area contributed by atoms with Crippen molar-refractivity contribution in [3.63, 3.8) is 0 Å². The van der Waals surface area contributed by atoms with Crippen LogP contribution in [0.2, 0.25) is 0 Å². The second kappa shape index (κ2) is 4.43. The number of anilines is 1. The fourth-order valence-electron chi connectivity index (χ4n) is 3.50. The third-order valence-corrected chi connectivity index (χ3v) is 4.35. The van der Waals surface area contributed by atoms with Crippen LogP contribution in [0, 0.1) is 0 Å². The molecule has 2 aliphatic rings. The number of nitrogens with one attached hydrogen (secondary N) is 1. The van der Waals surface area contributed by atoms with Crippen LogP contribution in [0.4, 0.5) is 5.69 Å². The molecule has 4 rings (SSSR count). The highest BCUT2D eigenvalue weighted by Crippen LogP contribution is 2.39. The molecule has 1 aromatic carbocycles. The highest BCUT2D eigenvalue weighted by atomic mass is 16.6. The van der Waals surface area contributed by atoms with Gasteiger partial charge in [-0.15, -0.1) is 0 Å². The molecule has 2 aromatic rings. The lowest BCUT2D eigenvalue weighted by Crippen LogP contribution is -2.55. The van der Waals surface area contributed by atoms with Gasteiger partial charge in [0.15, 0.2) is 5.72 Å². The third-order valence-electron chi connectivity index (χ3n) is 4.35. The van der Waals surface area contributed by atoms with Gasteiger partial charge in [-0.3, -0.25) is 9.78 Å². The lowest BCUT2D eigenvalue weighted by molar-refractivity contribution is -0.154. The normalized spacial score (nSPS) is 27.3. The predicted octanol–water partition coefficient (Wildman–Crippen LogP) is 1.68. The van der Waals surface area contributed by atoms with Crippen LogP contribution in [-0.4, -0.2) is 35.8 Å². The zero-order valence-corrected chi connectivity index (χ0v) is 11.9. The van der Waals surface area contributed by atoms with Crippen molar-refractivity contribution >= 4 is 22.6 Å². The number of ether oxygens (including phenoxy) is 1. The quantitative estimate of drug-likeness (QED) is 0.850. The lowest BCUT2D eigenvalue weighted by atomic mass is 10.1. The Morgan fingerprint density at radius 3 is 3.14 bits per heavy atom. The fourth-order valence-corrected chi connectivity index (χ4v) is 3.50. The highest BCUT2D eigenvalue weighted by Gasteiger charge is 2.53. The van der Waals surface area contributed by atoms with Gasteiger partial charge in [0.2, 0.25) is 0 Å². The molecule has 108 valence electrons. The molecule has 21 heavy (non-hydrogen) atoms. The van der Waals surface area contributed by atoms with Gasteiger partial charge in [0, 0.05) is 31.3 Å². The first-order valence-electron chi connectivity index (χ1n) is 7.22. The largest absolute Gasteiger partial charge is 0.438 e. The van der Waals surface area contributed by atoms with Gasteiger partial charge in [0.1, 0.15) is 0 Å². The van der Waals surface area contributed by atoms with Gasteiger partial charge >= 0.3 is 5.97 Å². The molecule has 2 atom stereocenters. The smallest absolute Gasteiger partial charge is 0.304 e. The van der Waals surface area contributed by atoms with E-state index in [-0.39, 0.29) is 5.97 Å². The molecule has 2 bridgehead atoms. The zero-order valence-electron chi connectivity index (χ0n) is 11.9. The summed E-state index contributed by atoms with van der Waals surface area (Å²) in [6, 6.07) is 10.5. The molecule has 1 aromatic heterocycles. The summed E-state index contributed by atoms with van der Waals surface area (Å²) in [4.78, 5) is 18.2. The minimum absolute atomic E-state index is 0.238. The first kappa shape index (κ1) is 12.6. The number of carbonyl (C=O) groups excluding carboxylic acids is 1. The summed E-state index contributed by atoms with van der Waals surface area (Å²) in [7, 11) is 0. The van der Waals surface area contributed by atoms with E-state index in [2.05, 4.69) is 27.3 Å². The molecule has 0 saturated carbocycles. The number of piperazine rings is 1. The van der Waals surface area contributed by atoms with Crippen molar-refractivity contribution in [2.45, 2.75) is 25.1 Å². The summed E-state index contributed by atoms with van der Waals surface area (Å²) < 4.78 is 5.67.